The predicted octanol–water partition coefficient (Wildman–Crippen LogP) is 2.73. The summed E-state index contributed by atoms with van der Waals surface area (Å²) in [5, 5.41) is 2.91. The first-order chi connectivity index (χ1) is 8.63. The van der Waals surface area contributed by atoms with Crippen molar-refractivity contribution < 1.29 is 0 Å². The lowest BCUT2D eigenvalue weighted by molar-refractivity contribution is 1.36. The zero-order valence-electron chi connectivity index (χ0n) is 11.2. The molecule has 0 N–H and O–H groups in total. The number of aryl methyl sites for hydroxylation is 2. The van der Waals surface area contributed by atoms with E-state index in [9.17, 15) is 0 Å². The van der Waals surface area contributed by atoms with Crippen LogP contribution < -0.4 is 10.4 Å². The SMILES string of the molecule is Cc1ccc([SiH](CCl)c2cccc(C)c2C)cc1. The Morgan fingerprint density at radius 1 is 0.944 bits per heavy atom. The largest absolute Gasteiger partial charge is 0.130 e. The summed E-state index contributed by atoms with van der Waals surface area (Å²) < 4.78 is 0. The van der Waals surface area contributed by atoms with E-state index < -0.39 is 8.80 Å². The van der Waals surface area contributed by atoms with Crippen molar-refractivity contribution in [1.82, 2.24) is 0 Å². The second-order valence-electron chi connectivity index (χ2n) is 4.91. The minimum atomic E-state index is -1.25. The second-order valence-corrected chi connectivity index (χ2v) is 8.53. The molecule has 0 spiro atoms. The summed E-state index contributed by atoms with van der Waals surface area (Å²) in [6.45, 7) is 6.51. The molecule has 18 heavy (non-hydrogen) atoms. The third-order valence-electron chi connectivity index (χ3n) is 3.66. The molecule has 0 aromatic heterocycles. The van der Waals surface area contributed by atoms with Gasteiger partial charge < -0.3 is 0 Å². The van der Waals surface area contributed by atoms with Crippen molar-refractivity contribution in [2.24, 2.45) is 0 Å². The molecule has 0 bridgehead atoms. The topological polar surface area (TPSA) is 0 Å². The summed E-state index contributed by atoms with van der Waals surface area (Å²) in [6.07, 6.45) is 0. The number of halogens is 1. The molecule has 0 fully saturated rings. The van der Waals surface area contributed by atoms with E-state index in [-0.39, 0.29) is 0 Å². The Kier molecular flexibility index (Phi) is 4.26. The van der Waals surface area contributed by atoms with Gasteiger partial charge in [0.25, 0.3) is 0 Å². The van der Waals surface area contributed by atoms with Crippen LogP contribution in [-0.2, 0) is 0 Å². The average Bonchev–Trinajstić information content (AvgIpc) is 2.37. The lowest BCUT2D eigenvalue weighted by Crippen LogP contribution is -2.45. The molecule has 0 saturated carbocycles. The van der Waals surface area contributed by atoms with Gasteiger partial charge in [0.15, 0.2) is 0 Å². The third kappa shape index (κ3) is 2.68. The van der Waals surface area contributed by atoms with Crippen molar-refractivity contribution in [3.63, 3.8) is 0 Å². The minimum Gasteiger partial charge on any atom is -0.130 e. The normalized spacial score (nSPS) is 12.4. The highest BCUT2D eigenvalue weighted by Gasteiger charge is 2.17. The van der Waals surface area contributed by atoms with Crippen molar-refractivity contribution in [2.45, 2.75) is 20.8 Å². The van der Waals surface area contributed by atoms with E-state index in [1.54, 1.807) is 0 Å². The molecule has 0 nitrogen and oxygen atoms in total. The van der Waals surface area contributed by atoms with Crippen molar-refractivity contribution in [3.8, 4) is 0 Å². The lowest BCUT2D eigenvalue weighted by atomic mass is 10.1. The fraction of sp³-hybridized carbons (Fsp3) is 0.250. The van der Waals surface area contributed by atoms with Crippen molar-refractivity contribution in [3.05, 3.63) is 59.2 Å². The van der Waals surface area contributed by atoms with Gasteiger partial charge in [-0.25, -0.2) is 0 Å². The van der Waals surface area contributed by atoms with Crippen LogP contribution in [0.3, 0.4) is 0 Å². The Morgan fingerprint density at radius 2 is 1.61 bits per heavy atom. The number of hydrogen-bond donors (Lipinski definition) is 0. The molecule has 94 valence electrons. The van der Waals surface area contributed by atoms with Crippen molar-refractivity contribution in [2.75, 3.05) is 5.50 Å². The first-order valence-electron chi connectivity index (χ1n) is 6.32. The molecule has 0 heterocycles. The van der Waals surface area contributed by atoms with Gasteiger partial charge in [-0.05, 0) is 31.9 Å². The van der Waals surface area contributed by atoms with Gasteiger partial charge in [-0.1, -0.05) is 58.4 Å². The maximum atomic E-state index is 6.26. The van der Waals surface area contributed by atoms with E-state index in [2.05, 4.69) is 63.2 Å². The van der Waals surface area contributed by atoms with Crippen LogP contribution in [-0.4, -0.2) is 14.3 Å². The maximum Gasteiger partial charge on any atom is 0.118 e. The van der Waals surface area contributed by atoms with E-state index in [0.717, 1.165) is 5.50 Å². The molecule has 0 aliphatic carbocycles. The number of hydrogen-bond acceptors (Lipinski definition) is 0. The van der Waals surface area contributed by atoms with E-state index >= 15 is 0 Å². The van der Waals surface area contributed by atoms with Gasteiger partial charge in [-0.3, -0.25) is 0 Å². The quantitative estimate of drug-likeness (QED) is 0.596. The van der Waals surface area contributed by atoms with E-state index in [0.29, 0.717) is 0 Å². The molecular formula is C16H19ClSi. The highest BCUT2D eigenvalue weighted by molar-refractivity contribution is 6.89. The highest BCUT2D eigenvalue weighted by atomic mass is 35.5. The highest BCUT2D eigenvalue weighted by Crippen LogP contribution is 2.06. The maximum absolute atomic E-state index is 6.26. The number of benzene rings is 2. The zero-order valence-corrected chi connectivity index (χ0v) is 13.1. The standard InChI is InChI=1S/C16H19ClSi/c1-12-7-9-15(10-8-12)18(11-17)16-6-4-5-13(2)14(16)3/h4-10,18H,11H2,1-3H3. The fourth-order valence-electron chi connectivity index (χ4n) is 2.30. The van der Waals surface area contributed by atoms with Crippen molar-refractivity contribution >= 4 is 30.8 Å². The number of rotatable bonds is 3. The van der Waals surface area contributed by atoms with Crippen LogP contribution >= 0.6 is 11.6 Å². The van der Waals surface area contributed by atoms with Crippen LogP contribution in [0.2, 0.25) is 0 Å². The third-order valence-corrected chi connectivity index (χ3v) is 7.46. The zero-order chi connectivity index (χ0) is 13.1. The van der Waals surface area contributed by atoms with Gasteiger partial charge in [-0.2, -0.15) is 0 Å². The van der Waals surface area contributed by atoms with Gasteiger partial charge in [0.1, 0.15) is 8.80 Å². The van der Waals surface area contributed by atoms with E-state index in [4.69, 9.17) is 11.6 Å². The monoisotopic (exact) mass is 274 g/mol. The summed E-state index contributed by atoms with van der Waals surface area (Å²) in [6, 6.07) is 15.4. The van der Waals surface area contributed by atoms with Crippen LogP contribution in [0, 0.1) is 20.8 Å². The van der Waals surface area contributed by atoms with Gasteiger partial charge in [-0.15, -0.1) is 11.6 Å². The van der Waals surface area contributed by atoms with Crippen LogP contribution in [0.4, 0.5) is 0 Å². The molecule has 2 rings (SSSR count). The molecular weight excluding hydrogens is 256 g/mol. The Morgan fingerprint density at radius 3 is 2.22 bits per heavy atom. The molecule has 0 radical (unpaired) electrons. The van der Waals surface area contributed by atoms with Gasteiger partial charge in [0, 0.05) is 5.50 Å². The summed E-state index contributed by atoms with van der Waals surface area (Å²) >= 11 is 6.26. The fourth-order valence-corrected chi connectivity index (χ4v) is 5.79. The first kappa shape index (κ1) is 13.4. The van der Waals surface area contributed by atoms with Crippen LogP contribution in [0.1, 0.15) is 16.7 Å². The molecule has 0 aliphatic rings. The van der Waals surface area contributed by atoms with Crippen LogP contribution in [0.25, 0.3) is 0 Å². The minimum absolute atomic E-state index is 0.757. The Hall–Kier alpha value is -1.05. The summed E-state index contributed by atoms with van der Waals surface area (Å²) in [4.78, 5) is 0. The molecule has 1 unspecified atom stereocenters. The second kappa shape index (κ2) is 5.72. The molecule has 0 aliphatic heterocycles. The molecule has 2 heteroatoms. The Balaban J connectivity index is 2.45. The van der Waals surface area contributed by atoms with E-state index in [1.165, 1.54) is 27.1 Å². The molecule has 0 amide bonds. The lowest BCUT2D eigenvalue weighted by Gasteiger charge is -2.17. The molecule has 2 aromatic rings. The van der Waals surface area contributed by atoms with Crippen LogP contribution in [0.5, 0.6) is 0 Å². The van der Waals surface area contributed by atoms with E-state index in [1.807, 2.05) is 0 Å². The smallest absolute Gasteiger partial charge is 0.118 e. The van der Waals surface area contributed by atoms with Gasteiger partial charge >= 0.3 is 0 Å². The first-order valence-corrected chi connectivity index (χ1v) is 8.82. The summed E-state index contributed by atoms with van der Waals surface area (Å²) in [5.74, 6) is 0. The Bertz CT molecular complexity index is 531. The molecule has 2 aromatic carbocycles. The summed E-state index contributed by atoms with van der Waals surface area (Å²) in [5.41, 5.74) is 4.84. The van der Waals surface area contributed by atoms with Crippen LogP contribution in [0.15, 0.2) is 42.5 Å². The van der Waals surface area contributed by atoms with Crippen molar-refractivity contribution in [1.29, 1.82) is 0 Å². The number of alkyl halides is 1. The predicted molar refractivity (Wildman–Crippen MR) is 84.2 cm³/mol. The molecule has 0 saturated heterocycles. The Labute approximate surface area is 116 Å². The average molecular weight is 275 g/mol. The molecule has 1 atom stereocenters. The van der Waals surface area contributed by atoms with Gasteiger partial charge in [0.05, 0.1) is 0 Å². The summed E-state index contributed by atoms with van der Waals surface area (Å²) in [7, 11) is -1.25. The van der Waals surface area contributed by atoms with Gasteiger partial charge in [0.2, 0.25) is 0 Å².